The van der Waals surface area contributed by atoms with Crippen LogP contribution in [0.3, 0.4) is 0 Å². The van der Waals surface area contributed by atoms with E-state index in [9.17, 15) is 18.0 Å². The average molecular weight is 401 g/mol. The van der Waals surface area contributed by atoms with Gasteiger partial charge < -0.3 is 19.5 Å². The van der Waals surface area contributed by atoms with Crippen molar-refractivity contribution in [2.24, 2.45) is 0 Å². The lowest BCUT2D eigenvalue weighted by atomic mass is 10.2. The molecule has 1 atom stereocenters. The normalized spacial score (nSPS) is 21.2. The molecule has 1 unspecified atom stereocenters. The van der Waals surface area contributed by atoms with Crippen LogP contribution >= 0.6 is 23.2 Å². The number of halogens is 5. The third-order valence-electron chi connectivity index (χ3n) is 3.66. The average Bonchev–Trinajstić information content (AvgIpc) is 3.13. The molecule has 2 amide bonds. The van der Waals surface area contributed by atoms with Gasteiger partial charge in [-0.25, -0.2) is 4.79 Å². The molecule has 25 heavy (non-hydrogen) atoms. The van der Waals surface area contributed by atoms with Gasteiger partial charge in [-0.1, -0.05) is 23.2 Å². The molecule has 0 saturated carbocycles. The lowest BCUT2D eigenvalue weighted by Gasteiger charge is -2.29. The van der Waals surface area contributed by atoms with Gasteiger partial charge in [-0.3, -0.25) is 5.32 Å². The van der Waals surface area contributed by atoms with Crippen molar-refractivity contribution >= 4 is 29.2 Å². The Morgan fingerprint density at radius 1 is 1.24 bits per heavy atom. The summed E-state index contributed by atoms with van der Waals surface area (Å²) in [6.07, 6.45) is -3.73. The highest BCUT2D eigenvalue weighted by Crippen LogP contribution is 2.47. The van der Waals surface area contributed by atoms with Crippen LogP contribution in [0.2, 0.25) is 10.0 Å². The molecule has 11 heteroatoms. The number of urea groups is 1. The molecule has 0 aliphatic carbocycles. The quantitative estimate of drug-likeness (QED) is 0.814. The zero-order valence-electron chi connectivity index (χ0n) is 12.6. The first-order chi connectivity index (χ1) is 11.7. The van der Waals surface area contributed by atoms with Crippen LogP contribution in [0, 0.1) is 0 Å². The van der Waals surface area contributed by atoms with Crippen LogP contribution in [0.4, 0.5) is 18.0 Å². The third-order valence-corrected chi connectivity index (χ3v) is 4.38. The molecule has 2 aliphatic rings. The van der Waals surface area contributed by atoms with Crippen LogP contribution in [-0.4, -0.2) is 37.4 Å². The molecule has 2 aliphatic heterocycles. The second-order valence-electron chi connectivity index (χ2n) is 5.50. The van der Waals surface area contributed by atoms with Gasteiger partial charge in [-0.2, -0.15) is 13.2 Å². The molecule has 1 saturated heterocycles. The first-order valence-corrected chi connectivity index (χ1v) is 8.07. The number of hydrogen-bond acceptors (Lipinski definition) is 4. The Bertz CT molecular complexity index is 650. The zero-order chi connectivity index (χ0) is 18.2. The van der Waals surface area contributed by atoms with E-state index in [0.717, 1.165) is 25.0 Å². The lowest BCUT2D eigenvalue weighted by Crippen LogP contribution is -2.66. The number of hydrogen-bond donors (Lipinski definition) is 2. The van der Waals surface area contributed by atoms with Crippen molar-refractivity contribution in [3.8, 4) is 11.5 Å². The summed E-state index contributed by atoms with van der Waals surface area (Å²) in [5.74, 6) is -3.94. The van der Waals surface area contributed by atoms with Gasteiger partial charge in [0.25, 0.3) is 0 Å². The molecule has 6 nitrogen and oxygen atoms in total. The summed E-state index contributed by atoms with van der Waals surface area (Å²) < 4.78 is 55.5. The van der Waals surface area contributed by atoms with Crippen LogP contribution in [0.1, 0.15) is 12.8 Å². The number of fused-ring (bicyclic) bond motifs is 1. The Kier molecular flexibility index (Phi) is 4.82. The van der Waals surface area contributed by atoms with Crippen molar-refractivity contribution in [1.82, 2.24) is 10.6 Å². The van der Waals surface area contributed by atoms with Gasteiger partial charge in [0.15, 0.2) is 11.5 Å². The number of alkyl halides is 3. The SMILES string of the molecule is O=C(NCC1CCCO1)NC1(C(F)(F)F)Oc2cc(Cl)c(Cl)cc2O1. The number of carbonyl (C=O) groups is 1. The lowest BCUT2D eigenvalue weighted by molar-refractivity contribution is -0.317. The Morgan fingerprint density at radius 2 is 1.84 bits per heavy atom. The van der Waals surface area contributed by atoms with Crippen molar-refractivity contribution in [2.45, 2.75) is 31.0 Å². The Labute approximate surface area is 150 Å². The molecule has 0 radical (unpaired) electrons. The van der Waals surface area contributed by atoms with Crippen molar-refractivity contribution in [1.29, 1.82) is 0 Å². The summed E-state index contributed by atoms with van der Waals surface area (Å²) in [4.78, 5) is 11.9. The van der Waals surface area contributed by atoms with Crippen molar-refractivity contribution in [3.05, 3.63) is 22.2 Å². The number of rotatable bonds is 3. The van der Waals surface area contributed by atoms with E-state index in [-0.39, 0.29) is 34.2 Å². The van der Waals surface area contributed by atoms with E-state index in [1.54, 1.807) is 5.32 Å². The maximum atomic E-state index is 13.5. The van der Waals surface area contributed by atoms with E-state index in [1.165, 1.54) is 0 Å². The van der Waals surface area contributed by atoms with E-state index < -0.39 is 18.1 Å². The largest absolute Gasteiger partial charge is 0.492 e. The molecule has 0 spiro atoms. The summed E-state index contributed by atoms with van der Waals surface area (Å²) in [6, 6.07) is 1.05. The van der Waals surface area contributed by atoms with Crippen LogP contribution < -0.4 is 20.1 Å². The molecule has 1 fully saturated rings. The maximum Gasteiger partial charge on any atom is 0.492 e. The molecule has 1 aromatic rings. The van der Waals surface area contributed by atoms with Crippen LogP contribution in [0.15, 0.2) is 12.1 Å². The highest BCUT2D eigenvalue weighted by Gasteiger charge is 2.65. The summed E-state index contributed by atoms with van der Waals surface area (Å²) in [7, 11) is 0. The van der Waals surface area contributed by atoms with Crippen molar-refractivity contribution in [3.63, 3.8) is 0 Å². The minimum absolute atomic E-state index is 0.00942. The molecule has 1 aromatic carbocycles. The fourth-order valence-corrected chi connectivity index (χ4v) is 2.75. The molecule has 0 bridgehead atoms. The zero-order valence-corrected chi connectivity index (χ0v) is 14.1. The van der Waals surface area contributed by atoms with Gasteiger partial charge in [0.1, 0.15) is 0 Å². The second-order valence-corrected chi connectivity index (χ2v) is 6.32. The summed E-state index contributed by atoms with van der Waals surface area (Å²) in [6.45, 7) is 0.633. The van der Waals surface area contributed by atoms with Crippen LogP contribution in [0.5, 0.6) is 11.5 Å². The predicted molar refractivity (Wildman–Crippen MR) is 82.0 cm³/mol. The smallest absolute Gasteiger partial charge is 0.424 e. The molecule has 2 heterocycles. The van der Waals surface area contributed by atoms with Gasteiger partial charge in [0.05, 0.1) is 16.1 Å². The van der Waals surface area contributed by atoms with Gasteiger partial charge in [0, 0.05) is 25.3 Å². The fourth-order valence-electron chi connectivity index (χ4n) is 2.44. The molecular weight excluding hydrogens is 388 g/mol. The monoisotopic (exact) mass is 400 g/mol. The summed E-state index contributed by atoms with van der Waals surface area (Å²) in [5.41, 5.74) is 0. The van der Waals surface area contributed by atoms with E-state index in [4.69, 9.17) is 37.4 Å². The Hall–Kier alpha value is -1.58. The van der Waals surface area contributed by atoms with E-state index in [1.807, 2.05) is 0 Å². The maximum absolute atomic E-state index is 13.5. The minimum Gasteiger partial charge on any atom is -0.424 e. The predicted octanol–water partition coefficient (Wildman–Crippen LogP) is 3.46. The van der Waals surface area contributed by atoms with Crippen LogP contribution in [0.25, 0.3) is 0 Å². The van der Waals surface area contributed by atoms with Gasteiger partial charge >= 0.3 is 18.1 Å². The first kappa shape index (κ1) is 18.2. The number of carbonyl (C=O) groups excluding carboxylic acids is 1. The molecule has 2 N–H and O–H groups in total. The van der Waals surface area contributed by atoms with Crippen molar-refractivity contribution in [2.75, 3.05) is 13.2 Å². The topological polar surface area (TPSA) is 68.8 Å². The van der Waals surface area contributed by atoms with Crippen molar-refractivity contribution < 1.29 is 32.2 Å². The number of amides is 2. The first-order valence-electron chi connectivity index (χ1n) is 7.31. The van der Waals surface area contributed by atoms with Gasteiger partial charge in [-0.05, 0) is 12.8 Å². The molecular formula is C14H13Cl2F3N2O4. The van der Waals surface area contributed by atoms with E-state index in [2.05, 4.69) is 5.32 Å². The van der Waals surface area contributed by atoms with E-state index >= 15 is 0 Å². The highest BCUT2D eigenvalue weighted by atomic mass is 35.5. The molecule has 3 rings (SSSR count). The standard InChI is InChI=1S/C14H13Cl2F3N2O4/c15-8-4-10-11(5-9(8)16)25-14(24-10,13(17,18)19)21-12(22)20-6-7-2-1-3-23-7/h4-5,7H,1-3,6H2,(H2,20,21,22). The van der Waals surface area contributed by atoms with Gasteiger partial charge in [0.2, 0.25) is 0 Å². The third kappa shape index (κ3) is 3.68. The molecule has 138 valence electrons. The highest BCUT2D eigenvalue weighted by molar-refractivity contribution is 6.42. The number of nitrogens with one attached hydrogen (secondary N) is 2. The van der Waals surface area contributed by atoms with Gasteiger partial charge in [-0.15, -0.1) is 0 Å². The van der Waals surface area contributed by atoms with E-state index in [0.29, 0.717) is 6.61 Å². The molecule has 0 aromatic heterocycles. The summed E-state index contributed by atoms with van der Waals surface area (Å²) in [5, 5.41) is 3.97. The second kappa shape index (κ2) is 6.62. The van der Waals surface area contributed by atoms with Crippen LogP contribution in [-0.2, 0) is 4.74 Å². The Morgan fingerprint density at radius 3 is 2.32 bits per heavy atom. The number of benzene rings is 1. The Balaban J connectivity index is 1.73. The summed E-state index contributed by atoms with van der Waals surface area (Å²) >= 11 is 11.5. The number of ether oxygens (including phenoxy) is 3. The minimum atomic E-state index is -5.06. The fraction of sp³-hybridized carbons (Fsp3) is 0.500.